The van der Waals surface area contributed by atoms with Crippen LogP contribution < -0.4 is 20.1 Å². The molecule has 2 amide bonds. The van der Waals surface area contributed by atoms with Gasteiger partial charge in [-0.25, -0.2) is 0 Å². The molecule has 0 unspecified atom stereocenters. The van der Waals surface area contributed by atoms with Crippen molar-refractivity contribution in [3.05, 3.63) is 23.3 Å². The van der Waals surface area contributed by atoms with E-state index < -0.39 is 0 Å². The maximum Gasteiger partial charge on any atom is 0.306 e. The normalized spacial score (nSPS) is 18.6. The van der Waals surface area contributed by atoms with Crippen LogP contribution in [0.4, 0.5) is 0 Å². The fraction of sp³-hybridized carbons (Fsp3) is 0.690. The Morgan fingerprint density at radius 3 is 2.44 bits per heavy atom. The molecule has 3 rings (SSSR count). The van der Waals surface area contributed by atoms with Gasteiger partial charge in [0.25, 0.3) is 5.91 Å². The smallest absolute Gasteiger partial charge is 0.306 e. The topological polar surface area (TPSA) is 115 Å². The molecule has 0 bridgehead atoms. The van der Waals surface area contributed by atoms with Gasteiger partial charge in [0.2, 0.25) is 5.91 Å². The summed E-state index contributed by atoms with van der Waals surface area (Å²) in [5.41, 5.74) is 1.40. The second-order valence-electron chi connectivity index (χ2n) is 10.6. The summed E-state index contributed by atoms with van der Waals surface area (Å²) in [5, 5.41) is 6.57. The van der Waals surface area contributed by atoms with Crippen LogP contribution in [0.25, 0.3) is 0 Å². The van der Waals surface area contributed by atoms with E-state index in [0.29, 0.717) is 43.4 Å². The molecular formula is C29H45N3O7. The minimum absolute atomic E-state index is 0.00424. The summed E-state index contributed by atoms with van der Waals surface area (Å²) in [7, 11) is 4.59. The molecule has 1 aromatic carbocycles. The first-order chi connectivity index (χ1) is 18.8. The van der Waals surface area contributed by atoms with Gasteiger partial charge in [0.15, 0.2) is 11.5 Å². The summed E-state index contributed by atoms with van der Waals surface area (Å²) in [6, 6.07) is 3.83. The number of hydrogen-bond donors (Lipinski definition) is 2. The Morgan fingerprint density at radius 2 is 1.79 bits per heavy atom. The quantitative estimate of drug-likeness (QED) is 0.240. The van der Waals surface area contributed by atoms with Gasteiger partial charge in [-0.3, -0.25) is 14.4 Å². The largest absolute Gasteiger partial charge is 0.493 e. The third-order valence-corrected chi connectivity index (χ3v) is 7.46. The van der Waals surface area contributed by atoms with Crippen molar-refractivity contribution in [3.63, 3.8) is 0 Å². The third-order valence-electron chi connectivity index (χ3n) is 7.46. The highest BCUT2D eigenvalue weighted by Gasteiger charge is 2.37. The molecule has 1 saturated heterocycles. The van der Waals surface area contributed by atoms with Crippen molar-refractivity contribution in [2.75, 3.05) is 60.7 Å². The number of benzene rings is 1. The standard InChI is InChI=1S/C29H45N3O7/c1-19(2)27-23(9-10-24(37-4)28(27)39-14-6-13-36-3)29(35)31-17-20-15-30-16-21(20)18-32(22-7-8-22)25(33)11-12-26(34)38-5/h9-10,19-22,30H,6-8,11-18H2,1-5H3,(H,31,35)/t20-,21-/m0/s1. The molecule has 2 aliphatic rings. The minimum Gasteiger partial charge on any atom is -0.493 e. The monoisotopic (exact) mass is 547 g/mol. The van der Waals surface area contributed by atoms with Crippen LogP contribution in [0, 0.1) is 11.8 Å². The highest BCUT2D eigenvalue weighted by atomic mass is 16.5. The molecule has 2 N–H and O–H groups in total. The zero-order valence-electron chi connectivity index (χ0n) is 24.0. The number of carbonyl (C=O) groups is 3. The Labute approximate surface area is 232 Å². The number of amides is 2. The number of ether oxygens (including phenoxy) is 4. The Balaban J connectivity index is 1.65. The van der Waals surface area contributed by atoms with Crippen LogP contribution in [0.2, 0.25) is 0 Å². The fourth-order valence-corrected chi connectivity index (χ4v) is 5.14. The second-order valence-corrected chi connectivity index (χ2v) is 10.6. The minimum atomic E-state index is -0.370. The predicted molar refractivity (Wildman–Crippen MR) is 147 cm³/mol. The first kappa shape index (κ1) is 30.7. The van der Waals surface area contributed by atoms with Crippen molar-refractivity contribution < 1.29 is 33.3 Å². The molecule has 0 radical (unpaired) electrons. The summed E-state index contributed by atoms with van der Waals surface area (Å²) in [5.74, 6) is 1.12. The van der Waals surface area contributed by atoms with Crippen LogP contribution in [0.1, 0.15) is 67.8 Å². The molecule has 1 saturated carbocycles. The molecule has 2 atom stereocenters. The van der Waals surface area contributed by atoms with Crippen molar-refractivity contribution in [3.8, 4) is 11.5 Å². The van der Waals surface area contributed by atoms with Crippen LogP contribution in [-0.4, -0.2) is 89.4 Å². The second kappa shape index (κ2) is 15.1. The van der Waals surface area contributed by atoms with E-state index >= 15 is 0 Å². The van der Waals surface area contributed by atoms with Crippen molar-refractivity contribution in [1.82, 2.24) is 15.5 Å². The van der Waals surface area contributed by atoms with Crippen molar-refractivity contribution in [2.24, 2.45) is 11.8 Å². The van der Waals surface area contributed by atoms with E-state index in [1.165, 1.54) is 7.11 Å². The average molecular weight is 548 g/mol. The van der Waals surface area contributed by atoms with E-state index in [1.807, 2.05) is 18.7 Å². The van der Waals surface area contributed by atoms with E-state index in [4.69, 9.17) is 18.9 Å². The number of nitrogens with zero attached hydrogens (tertiary/aromatic N) is 1. The summed E-state index contributed by atoms with van der Waals surface area (Å²) in [6.07, 6.45) is 2.98. The van der Waals surface area contributed by atoms with Crippen LogP contribution in [-0.2, 0) is 19.1 Å². The molecule has 10 heteroatoms. The van der Waals surface area contributed by atoms with Gasteiger partial charge in [-0.2, -0.15) is 0 Å². The zero-order valence-corrected chi connectivity index (χ0v) is 24.0. The lowest BCUT2D eigenvalue weighted by atomic mass is 9.93. The molecule has 1 heterocycles. The predicted octanol–water partition coefficient (Wildman–Crippen LogP) is 2.74. The maximum atomic E-state index is 13.4. The van der Waals surface area contributed by atoms with Crippen LogP contribution in [0.3, 0.4) is 0 Å². The van der Waals surface area contributed by atoms with E-state index in [0.717, 1.165) is 37.9 Å². The highest BCUT2D eigenvalue weighted by Crippen LogP contribution is 2.38. The summed E-state index contributed by atoms with van der Waals surface area (Å²) >= 11 is 0. The van der Waals surface area contributed by atoms with E-state index in [-0.39, 0.29) is 54.4 Å². The Morgan fingerprint density at radius 1 is 1.05 bits per heavy atom. The van der Waals surface area contributed by atoms with Crippen molar-refractivity contribution in [1.29, 1.82) is 0 Å². The summed E-state index contributed by atoms with van der Waals surface area (Å²) < 4.78 is 21.4. The SMILES string of the molecule is COCCCOc1c(OC)ccc(C(=O)NC[C@@H]2CNC[C@H]2CN(C(=O)CCC(=O)OC)C2CC2)c1C(C)C. The first-order valence-electron chi connectivity index (χ1n) is 14.0. The van der Waals surface area contributed by atoms with Gasteiger partial charge in [0.1, 0.15) is 0 Å². The molecule has 2 fully saturated rings. The number of esters is 1. The first-order valence-corrected chi connectivity index (χ1v) is 14.0. The van der Waals surface area contributed by atoms with Crippen LogP contribution >= 0.6 is 0 Å². The summed E-state index contributed by atoms with van der Waals surface area (Å²) in [4.78, 5) is 39.8. The number of rotatable bonds is 16. The molecule has 10 nitrogen and oxygen atoms in total. The van der Waals surface area contributed by atoms with E-state index in [2.05, 4.69) is 10.6 Å². The Hall–Kier alpha value is -2.85. The van der Waals surface area contributed by atoms with Gasteiger partial charge in [-0.05, 0) is 42.7 Å². The maximum absolute atomic E-state index is 13.4. The Kier molecular flexibility index (Phi) is 11.9. The van der Waals surface area contributed by atoms with Gasteiger partial charge < -0.3 is 34.5 Å². The number of methoxy groups -OCH3 is 3. The lowest BCUT2D eigenvalue weighted by molar-refractivity contribution is -0.144. The van der Waals surface area contributed by atoms with Gasteiger partial charge in [-0.1, -0.05) is 13.8 Å². The molecule has 218 valence electrons. The number of hydrogen-bond acceptors (Lipinski definition) is 8. The number of nitrogens with one attached hydrogen (secondary N) is 2. The summed E-state index contributed by atoms with van der Waals surface area (Å²) in [6.45, 7) is 7.80. The average Bonchev–Trinajstić information content (AvgIpc) is 3.68. The zero-order chi connectivity index (χ0) is 28.4. The van der Waals surface area contributed by atoms with Crippen LogP contribution in [0.15, 0.2) is 12.1 Å². The molecule has 0 aromatic heterocycles. The lowest BCUT2D eigenvalue weighted by Gasteiger charge is -2.28. The van der Waals surface area contributed by atoms with E-state index in [9.17, 15) is 14.4 Å². The van der Waals surface area contributed by atoms with Crippen LogP contribution in [0.5, 0.6) is 11.5 Å². The molecular weight excluding hydrogens is 502 g/mol. The molecule has 1 aliphatic heterocycles. The molecule has 0 spiro atoms. The molecule has 1 aliphatic carbocycles. The molecule has 39 heavy (non-hydrogen) atoms. The van der Waals surface area contributed by atoms with Crippen molar-refractivity contribution in [2.45, 2.75) is 57.9 Å². The van der Waals surface area contributed by atoms with E-state index in [1.54, 1.807) is 26.4 Å². The molecule has 1 aromatic rings. The van der Waals surface area contributed by atoms with Gasteiger partial charge in [0.05, 0.1) is 27.2 Å². The number of carbonyl (C=O) groups excluding carboxylic acids is 3. The van der Waals surface area contributed by atoms with Gasteiger partial charge in [-0.15, -0.1) is 0 Å². The Bertz CT molecular complexity index is 980. The highest BCUT2D eigenvalue weighted by molar-refractivity contribution is 5.97. The lowest BCUT2D eigenvalue weighted by Crippen LogP contribution is -2.41. The van der Waals surface area contributed by atoms with Gasteiger partial charge >= 0.3 is 5.97 Å². The van der Waals surface area contributed by atoms with Crippen molar-refractivity contribution >= 4 is 17.8 Å². The third kappa shape index (κ3) is 8.57. The fourth-order valence-electron chi connectivity index (χ4n) is 5.14. The van der Waals surface area contributed by atoms with Gasteiger partial charge in [0, 0.05) is 69.9 Å².